The van der Waals surface area contributed by atoms with Crippen molar-refractivity contribution in [3.05, 3.63) is 0 Å². The zero-order valence-electron chi connectivity index (χ0n) is 12.5. The van der Waals surface area contributed by atoms with Crippen LogP contribution in [0.15, 0.2) is 0 Å². The summed E-state index contributed by atoms with van der Waals surface area (Å²) in [5, 5.41) is 2.81. The number of carbonyl (C=O) groups is 2. The molecule has 18 heavy (non-hydrogen) atoms. The number of nitrogens with zero attached hydrogens (tertiary/aromatic N) is 1. The first-order valence-electron chi connectivity index (χ1n) is 6.65. The number of nitrogens with one attached hydrogen (secondary N) is 1. The Labute approximate surface area is 110 Å². The van der Waals surface area contributed by atoms with Crippen LogP contribution in [0.4, 0.5) is 0 Å². The van der Waals surface area contributed by atoms with Crippen LogP contribution >= 0.6 is 0 Å². The van der Waals surface area contributed by atoms with Crippen molar-refractivity contribution in [3.63, 3.8) is 0 Å². The fourth-order valence-corrected chi connectivity index (χ4v) is 2.01. The van der Waals surface area contributed by atoms with Gasteiger partial charge in [-0.1, -0.05) is 27.7 Å². The van der Waals surface area contributed by atoms with Crippen LogP contribution in [-0.4, -0.2) is 35.3 Å². The van der Waals surface area contributed by atoms with Gasteiger partial charge < -0.3 is 10.2 Å². The van der Waals surface area contributed by atoms with Gasteiger partial charge in [0.1, 0.15) is 5.54 Å². The van der Waals surface area contributed by atoms with Crippen molar-refractivity contribution >= 4 is 11.8 Å². The van der Waals surface area contributed by atoms with E-state index >= 15 is 0 Å². The summed E-state index contributed by atoms with van der Waals surface area (Å²) >= 11 is 0. The SMILES string of the molecule is CC(CC(=O)N1CCNC(=O)C1(C)C)C(C)(C)C. The average Bonchev–Trinajstić information content (AvgIpc) is 2.20. The number of piperazine rings is 1. The van der Waals surface area contributed by atoms with Gasteiger partial charge in [-0.05, 0) is 25.2 Å². The van der Waals surface area contributed by atoms with Gasteiger partial charge in [0, 0.05) is 19.5 Å². The highest BCUT2D eigenvalue weighted by Crippen LogP contribution is 2.30. The predicted octanol–water partition coefficient (Wildman–Crippen LogP) is 1.80. The first-order valence-corrected chi connectivity index (χ1v) is 6.65. The Balaban J connectivity index is 2.75. The Morgan fingerprint density at radius 2 is 2.00 bits per heavy atom. The molecule has 104 valence electrons. The Hall–Kier alpha value is -1.06. The van der Waals surface area contributed by atoms with Crippen molar-refractivity contribution in [1.29, 1.82) is 0 Å². The van der Waals surface area contributed by atoms with Crippen LogP contribution in [0.2, 0.25) is 0 Å². The highest BCUT2D eigenvalue weighted by Gasteiger charge is 2.40. The standard InChI is InChI=1S/C14H26N2O2/c1-10(13(2,3)4)9-11(17)16-8-7-15-12(18)14(16,5)6/h10H,7-9H2,1-6H3,(H,15,18). The zero-order valence-corrected chi connectivity index (χ0v) is 12.5. The summed E-state index contributed by atoms with van der Waals surface area (Å²) in [7, 11) is 0. The minimum Gasteiger partial charge on any atom is -0.352 e. The van der Waals surface area contributed by atoms with E-state index in [9.17, 15) is 9.59 Å². The molecule has 0 saturated carbocycles. The molecule has 0 bridgehead atoms. The molecule has 1 unspecified atom stereocenters. The first-order chi connectivity index (χ1) is 8.06. The summed E-state index contributed by atoms with van der Waals surface area (Å²) in [6.45, 7) is 13.3. The molecule has 4 nitrogen and oxygen atoms in total. The molecular formula is C14H26N2O2. The zero-order chi connectivity index (χ0) is 14.1. The van der Waals surface area contributed by atoms with Gasteiger partial charge in [-0.3, -0.25) is 9.59 Å². The summed E-state index contributed by atoms with van der Waals surface area (Å²) < 4.78 is 0. The third kappa shape index (κ3) is 3.03. The van der Waals surface area contributed by atoms with Gasteiger partial charge in [0.05, 0.1) is 0 Å². The second-order valence-corrected chi connectivity index (χ2v) is 6.83. The van der Waals surface area contributed by atoms with Crippen LogP contribution < -0.4 is 5.32 Å². The van der Waals surface area contributed by atoms with Crippen LogP contribution in [0.5, 0.6) is 0 Å². The van der Waals surface area contributed by atoms with Crippen molar-refractivity contribution in [2.75, 3.05) is 13.1 Å². The average molecular weight is 254 g/mol. The van der Waals surface area contributed by atoms with Crippen LogP contribution in [-0.2, 0) is 9.59 Å². The maximum atomic E-state index is 12.4. The number of rotatable bonds is 2. The molecule has 0 radical (unpaired) electrons. The Bertz CT molecular complexity index is 342. The lowest BCUT2D eigenvalue weighted by molar-refractivity contribution is -0.150. The van der Waals surface area contributed by atoms with Crippen LogP contribution in [0, 0.1) is 11.3 Å². The van der Waals surface area contributed by atoms with Crippen molar-refractivity contribution in [2.45, 2.75) is 53.5 Å². The van der Waals surface area contributed by atoms with E-state index in [1.165, 1.54) is 0 Å². The summed E-state index contributed by atoms with van der Waals surface area (Å²) in [5.41, 5.74) is -0.620. The lowest BCUT2D eigenvalue weighted by Gasteiger charge is -2.42. The quantitative estimate of drug-likeness (QED) is 0.817. The molecule has 0 aromatic rings. The summed E-state index contributed by atoms with van der Waals surface area (Å²) in [5.74, 6) is 0.313. The Morgan fingerprint density at radius 1 is 1.44 bits per heavy atom. The van der Waals surface area contributed by atoms with Crippen molar-refractivity contribution in [3.8, 4) is 0 Å². The lowest BCUT2D eigenvalue weighted by atomic mass is 9.79. The van der Waals surface area contributed by atoms with Gasteiger partial charge in [0.2, 0.25) is 11.8 Å². The minimum atomic E-state index is -0.729. The highest BCUT2D eigenvalue weighted by atomic mass is 16.2. The normalized spacial score (nSPS) is 21.4. The molecule has 0 aromatic heterocycles. The number of hydrogen-bond donors (Lipinski definition) is 1. The number of carbonyl (C=O) groups excluding carboxylic acids is 2. The molecule has 1 fully saturated rings. The van der Waals surface area contributed by atoms with E-state index in [0.717, 1.165) is 0 Å². The fraction of sp³-hybridized carbons (Fsp3) is 0.857. The van der Waals surface area contributed by atoms with Crippen LogP contribution in [0.1, 0.15) is 48.0 Å². The second-order valence-electron chi connectivity index (χ2n) is 6.83. The summed E-state index contributed by atoms with van der Waals surface area (Å²) in [6, 6.07) is 0. The van der Waals surface area contributed by atoms with E-state index in [1.54, 1.807) is 18.7 Å². The third-order valence-electron chi connectivity index (χ3n) is 4.11. The number of amides is 2. The smallest absolute Gasteiger partial charge is 0.245 e. The molecule has 2 amide bonds. The topological polar surface area (TPSA) is 49.4 Å². The summed E-state index contributed by atoms with van der Waals surface area (Å²) in [6.07, 6.45) is 0.500. The van der Waals surface area contributed by atoms with Gasteiger partial charge >= 0.3 is 0 Å². The van der Waals surface area contributed by atoms with E-state index in [-0.39, 0.29) is 17.2 Å². The molecule has 1 saturated heterocycles. The van der Waals surface area contributed by atoms with Crippen molar-refractivity contribution in [2.24, 2.45) is 11.3 Å². The monoisotopic (exact) mass is 254 g/mol. The third-order valence-corrected chi connectivity index (χ3v) is 4.11. The summed E-state index contributed by atoms with van der Waals surface area (Å²) in [4.78, 5) is 25.9. The van der Waals surface area contributed by atoms with E-state index < -0.39 is 5.54 Å². The van der Waals surface area contributed by atoms with Crippen molar-refractivity contribution in [1.82, 2.24) is 10.2 Å². The molecule has 1 aliphatic rings. The van der Waals surface area contributed by atoms with Gasteiger partial charge in [-0.25, -0.2) is 0 Å². The van der Waals surface area contributed by atoms with Gasteiger partial charge in [-0.2, -0.15) is 0 Å². The molecule has 1 aliphatic heterocycles. The Kier molecular flexibility index (Phi) is 4.08. The van der Waals surface area contributed by atoms with E-state index in [1.807, 2.05) is 0 Å². The highest BCUT2D eigenvalue weighted by molar-refractivity contribution is 5.91. The first kappa shape index (κ1) is 15.0. The predicted molar refractivity (Wildman–Crippen MR) is 72.0 cm³/mol. The molecule has 1 heterocycles. The van der Waals surface area contributed by atoms with E-state index in [2.05, 4.69) is 33.0 Å². The molecular weight excluding hydrogens is 228 g/mol. The number of hydrogen-bond acceptors (Lipinski definition) is 2. The minimum absolute atomic E-state index is 0.0643. The lowest BCUT2D eigenvalue weighted by Crippen LogP contribution is -2.63. The Morgan fingerprint density at radius 3 is 2.50 bits per heavy atom. The maximum Gasteiger partial charge on any atom is 0.245 e. The van der Waals surface area contributed by atoms with Gasteiger partial charge in [-0.15, -0.1) is 0 Å². The molecule has 0 spiro atoms. The van der Waals surface area contributed by atoms with Gasteiger partial charge in [0.15, 0.2) is 0 Å². The van der Waals surface area contributed by atoms with Crippen molar-refractivity contribution < 1.29 is 9.59 Å². The largest absolute Gasteiger partial charge is 0.352 e. The van der Waals surface area contributed by atoms with Crippen LogP contribution in [0.25, 0.3) is 0 Å². The molecule has 0 aromatic carbocycles. The second kappa shape index (κ2) is 4.90. The molecule has 1 rings (SSSR count). The fourth-order valence-electron chi connectivity index (χ4n) is 2.01. The van der Waals surface area contributed by atoms with Crippen LogP contribution in [0.3, 0.4) is 0 Å². The van der Waals surface area contributed by atoms with E-state index in [0.29, 0.717) is 25.4 Å². The molecule has 4 heteroatoms. The van der Waals surface area contributed by atoms with Gasteiger partial charge in [0.25, 0.3) is 0 Å². The molecule has 1 N–H and O–H groups in total. The molecule has 0 aliphatic carbocycles. The molecule has 1 atom stereocenters. The maximum absolute atomic E-state index is 12.4. The van der Waals surface area contributed by atoms with E-state index in [4.69, 9.17) is 0 Å².